The summed E-state index contributed by atoms with van der Waals surface area (Å²) in [6.07, 6.45) is 5.00. The molecular formula is C21H30N4O4S2. The van der Waals surface area contributed by atoms with Gasteiger partial charge in [-0.2, -0.15) is 0 Å². The average molecular weight is 467 g/mol. The van der Waals surface area contributed by atoms with Crippen molar-refractivity contribution in [3.05, 3.63) is 22.3 Å². The molecule has 1 amide bonds. The van der Waals surface area contributed by atoms with Crippen molar-refractivity contribution in [1.29, 1.82) is 0 Å². The minimum Gasteiger partial charge on any atom is -0.377 e. The van der Waals surface area contributed by atoms with Crippen LogP contribution in [0.5, 0.6) is 0 Å². The van der Waals surface area contributed by atoms with E-state index >= 15 is 0 Å². The first-order chi connectivity index (χ1) is 14.8. The van der Waals surface area contributed by atoms with Crippen LogP contribution in [-0.2, 0) is 21.8 Å². The lowest BCUT2D eigenvalue weighted by Gasteiger charge is -2.26. The third-order valence-electron chi connectivity index (χ3n) is 6.16. The summed E-state index contributed by atoms with van der Waals surface area (Å²) in [6, 6.07) is 1.65. The molecule has 2 aromatic rings. The summed E-state index contributed by atoms with van der Waals surface area (Å²) in [5.74, 6) is 0.0259. The number of aromatic nitrogens is 2. The van der Waals surface area contributed by atoms with E-state index in [0.29, 0.717) is 33.6 Å². The van der Waals surface area contributed by atoms with E-state index in [9.17, 15) is 13.2 Å². The lowest BCUT2D eigenvalue weighted by atomic mass is 10.1. The molecule has 31 heavy (non-hydrogen) atoms. The Morgan fingerprint density at radius 3 is 2.68 bits per heavy atom. The van der Waals surface area contributed by atoms with Crippen LogP contribution in [0.2, 0.25) is 0 Å². The number of hydrogen-bond donors (Lipinski definition) is 1. The monoisotopic (exact) mass is 466 g/mol. The van der Waals surface area contributed by atoms with Gasteiger partial charge in [0.25, 0.3) is 5.91 Å². The van der Waals surface area contributed by atoms with Crippen molar-refractivity contribution in [3.8, 4) is 10.7 Å². The lowest BCUT2D eigenvalue weighted by Crippen LogP contribution is -2.35. The topological polar surface area (TPSA) is 93.5 Å². The summed E-state index contributed by atoms with van der Waals surface area (Å²) in [7, 11) is -1.85. The molecule has 4 heterocycles. The van der Waals surface area contributed by atoms with E-state index in [4.69, 9.17) is 4.74 Å². The van der Waals surface area contributed by atoms with Crippen LogP contribution in [0.15, 0.2) is 11.0 Å². The van der Waals surface area contributed by atoms with Crippen molar-refractivity contribution in [2.45, 2.75) is 57.0 Å². The number of nitrogens with zero attached hydrogens (tertiary/aromatic N) is 3. The molecule has 0 aliphatic carbocycles. The fourth-order valence-electron chi connectivity index (χ4n) is 4.18. The number of thiazole rings is 1. The number of hydrogen-bond acceptors (Lipinski definition) is 6. The van der Waals surface area contributed by atoms with Crippen molar-refractivity contribution >= 4 is 27.3 Å². The van der Waals surface area contributed by atoms with Gasteiger partial charge in [0.15, 0.2) is 0 Å². The number of nitrogens with one attached hydrogen (secondary N) is 1. The smallest absolute Gasteiger partial charge is 0.265 e. The first-order valence-corrected chi connectivity index (χ1v) is 13.1. The molecule has 4 rings (SSSR count). The molecule has 0 radical (unpaired) electrons. The van der Waals surface area contributed by atoms with E-state index < -0.39 is 10.0 Å². The largest absolute Gasteiger partial charge is 0.377 e. The van der Waals surface area contributed by atoms with Crippen LogP contribution in [-0.4, -0.2) is 61.1 Å². The molecule has 2 aliphatic rings. The minimum absolute atomic E-state index is 0.0259. The van der Waals surface area contributed by atoms with E-state index in [2.05, 4.69) is 9.71 Å². The molecule has 0 spiro atoms. The van der Waals surface area contributed by atoms with Crippen molar-refractivity contribution in [1.82, 2.24) is 19.2 Å². The molecule has 2 fully saturated rings. The Hall–Kier alpha value is -1.75. The number of rotatable bonds is 6. The van der Waals surface area contributed by atoms with Gasteiger partial charge in [0.05, 0.1) is 17.5 Å². The van der Waals surface area contributed by atoms with Crippen LogP contribution in [0, 0.1) is 13.8 Å². The molecular weight excluding hydrogens is 436 g/mol. The van der Waals surface area contributed by atoms with Crippen molar-refractivity contribution in [3.63, 3.8) is 0 Å². The molecule has 1 atom stereocenters. The lowest BCUT2D eigenvalue weighted by molar-refractivity contribution is 0.0728. The Labute approximate surface area is 187 Å². The third kappa shape index (κ3) is 4.57. The van der Waals surface area contributed by atoms with Crippen LogP contribution < -0.4 is 4.72 Å². The Kier molecular flexibility index (Phi) is 6.52. The maximum absolute atomic E-state index is 13.0. The van der Waals surface area contributed by atoms with Gasteiger partial charge < -0.3 is 14.2 Å². The SMILES string of the molecule is Cc1nc(-c2cc(S(=O)(=O)NC[C@H]3CCCO3)c(C)n2C)sc1C(=O)N1CCCCC1. The highest BCUT2D eigenvalue weighted by Gasteiger charge is 2.28. The fourth-order valence-corrected chi connectivity index (χ4v) is 6.62. The van der Waals surface area contributed by atoms with E-state index in [1.54, 1.807) is 13.0 Å². The van der Waals surface area contributed by atoms with E-state index in [-0.39, 0.29) is 23.5 Å². The Morgan fingerprint density at radius 2 is 2.00 bits per heavy atom. The number of carbonyl (C=O) groups excluding carboxylic acids is 1. The van der Waals surface area contributed by atoms with Gasteiger partial charge in [-0.3, -0.25) is 4.79 Å². The second-order valence-corrected chi connectivity index (χ2v) is 11.0. The van der Waals surface area contributed by atoms with Gasteiger partial charge in [0.2, 0.25) is 10.0 Å². The Balaban J connectivity index is 1.58. The third-order valence-corrected chi connectivity index (χ3v) is 8.86. The van der Waals surface area contributed by atoms with Gasteiger partial charge in [-0.25, -0.2) is 18.1 Å². The Morgan fingerprint density at radius 1 is 1.26 bits per heavy atom. The number of sulfonamides is 1. The van der Waals surface area contributed by atoms with E-state index in [1.807, 2.05) is 23.4 Å². The highest BCUT2D eigenvalue weighted by atomic mass is 32.2. The molecule has 0 saturated carbocycles. The first-order valence-electron chi connectivity index (χ1n) is 10.8. The van der Waals surface area contributed by atoms with Crippen LogP contribution in [0.1, 0.15) is 53.2 Å². The molecule has 0 unspecified atom stereocenters. The highest BCUT2D eigenvalue weighted by Crippen LogP contribution is 2.33. The number of carbonyl (C=O) groups is 1. The van der Waals surface area contributed by atoms with Crippen molar-refractivity contribution in [2.75, 3.05) is 26.2 Å². The molecule has 1 N–H and O–H groups in total. The van der Waals surface area contributed by atoms with Crippen LogP contribution in [0.4, 0.5) is 0 Å². The molecule has 10 heteroatoms. The maximum Gasteiger partial charge on any atom is 0.265 e. The predicted octanol–water partition coefficient (Wildman–Crippen LogP) is 2.85. The average Bonchev–Trinajstić information content (AvgIpc) is 3.48. The van der Waals surface area contributed by atoms with Gasteiger partial charge in [-0.05, 0) is 52.0 Å². The van der Waals surface area contributed by atoms with E-state index in [0.717, 1.165) is 45.2 Å². The molecule has 170 valence electrons. The van der Waals surface area contributed by atoms with Crippen LogP contribution in [0.25, 0.3) is 10.7 Å². The minimum atomic E-state index is -3.67. The second-order valence-electron chi connectivity index (χ2n) is 8.31. The zero-order valence-corrected chi connectivity index (χ0v) is 19.9. The standard InChI is InChI=1S/C21H30N4O4S2/c1-14-19(21(26)25-9-5-4-6-10-25)30-20(23-14)17-12-18(15(2)24(17)3)31(27,28)22-13-16-8-7-11-29-16/h12,16,22H,4-11,13H2,1-3H3/t16-/m1/s1. The summed E-state index contributed by atoms with van der Waals surface area (Å²) in [4.78, 5) is 20.4. The van der Waals surface area contributed by atoms with Crippen LogP contribution in [0.3, 0.4) is 0 Å². The zero-order valence-electron chi connectivity index (χ0n) is 18.3. The summed E-state index contributed by atoms with van der Waals surface area (Å²) in [5.41, 5.74) is 2.02. The molecule has 2 saturated heterocycles. The van der Waals surface area contributed by atoms with Gasteiger partial charge in [0.1, 0.15) is 14.8 Å². The van der Waals surface area contributed by atoms with Crippen molar-refractivity contribution < 1.29 is 17.9 Å². The Bertz CT molecular complexity index is 1060. The summed E-state index contributed by atoms with van der Waals surface area (Å²) in [5, 5.41) is 0.657. The zero-order chi connectivity index (χ0) is 22.2. The molecule has 0 aromatic carbocycles. The molecule has 2 aromatic heterocycles. The van der Waals surface area contributed by atoms with Gasteiger partial charge in [-0.1, -0.05) is 0 Å². The molecule has 0 bridgehead atoms. The van der Waals surface area contributed by atoms with Gasteiger partial charge in [-0.15, -0.1) is 11.3 Å². The number of amides is 1. The van der Waals surface area contributed by atoms with Gasteiger partial charge in [0, 0.05) is 39.0 Å². The van der Waals surface area contributed by atoms with E-state index in [1.165, 1.54) is 11.3 Å². The van der Waals surface area contributed by atoms with Crippen molar-refractivity contribution in [2.24, 2.45) is 7.05 Å². The quantitative estimate of drug-likeness (QED) is 0.707. The number of aryl methyl sites for hydroxylation is 1. The van der Waals surface area contributed by atoms with Gasteiger partial charge >= 0.3 is 0 Å². The summed E-state index contributed by atoms with van der Waals surface area (Å²) < 4.78 is 35.9. The highest BCUT2D eigenvalue weighted by molar-refractivity contribution is 7.89. The first kappa shape index (κ1) is 22.4. The second kappa shape index (κ2) is 9.01. The molecule has 2 aliphatic heterocycles. The number of piperidine rings is 1. The number of likely N-dealkylation sites (tertiary alicyclic amines) is 1. The number of ether oxygens (including phenoxy) is 1. The summed E-state index contributed by atoms with van der Waals surface area (Å²) >= 11 is 1.34. The maximum atomic E-state index is 13.0. The summed E-state index contributed by atoms with van der Waals surface area (Å²) in [6.45, 7) is 6.15. The van der Waals surface area contributed by atoms with Crippen LogP contribution >= 0.6 is 11.3 Å². The normalized spacial score (nSPS) is 19.8. The predicted molar refractivity (Wildman–Crippen MR) is 120 cm³/mol. The fraction of sp³-hybridized carbons (Fsp3) is 0.619. The molecule has 8 nitrogen and oxygen atoms in total.